The molecule has 3 nitrogen and oxygen atoms in total. The minimum Gasteiger partial charge on any atom is -0.462 e. The zero-order valence-electron chi connectivity index (χ0n) is 9.33. The number of hydrogen-bond acceptors (Lipinski definition) is 3. The molecule has 0 radical (unpaired) electrons. The lowest BCUT2D eigenvalue weighted by Crippen LogP contribution is -2.07. The Morgan fingerprint density at radius 3 is 2.67 bits per heavy atom. The van der Waals surface area contributed by atoms with Crippen molar-refractivity contribution in [2.45, 2.75) is 45.9 Å². The van der Waals surface area contributed by atoms with E-state index in [-0.39, 0.29) is 12.4 Å². The number of carbonyl (C=O) groups excluding carboxylic acids is 1. The highest BCUT2D eigenvalue weighted by molar-refractivity contribution is 5.87. The summed E-state index contributed by atoms with van der Waals surface area (Å²) in [6.07, 6.45) is 2.19. The first kappa shape index (κ1) is 14.1. The summed E-state index contributed by atoms with van der Waals surface area (Å²) in [4.78, 5) is 11.1. The number of halogens is 1. The highest BCUT2D eigenvalue weighted by atomic mass is 19.1. The molecule has 0 heterocycles. The first-order chi connectivity index (χ1) is 7.07. The molecule has 0 bridgehead atoms. The molecule has 0 aliphatic heterocycles. The number of carbonyl (C=O) groups is 1. The van der Waals surface area contributed by atoms with Crippen LogP contribution in [0, 0.1) is 0 Å². The molecule has 0 fully saturated rings. The third-order valence-electron chi connectivity index (χ3n) is 2.07. The van der Waals surface area contributed by atoms with Crippen molar-refractivity contribution in [2.75, 3.05) is 6.61 Å². The molecule has 0 aromatic heterocycles. The average Bonchev–Trinajstić information content (AvgIpc) is 2.21. The standard InChI is InChI=1S/C11H19FO3/c1-3-9(2)11(14)15-8-6-4-5-7-10(12)13/h3,10,13H,4-8H2,1-2H3. The summed E-state index contributed by atoms with van der Waals surface area (Å²) in [6.45, 7) is 3.83. The molecule has 1 unspecified atom stereocenters. The first-order valence-electron chi connectivity index (χ1n) is 5.20. The van der Waals surface area contributed by atoms with Gasteiger partial charge in [0.15, 0.2) is 6.36 Å². The number of esters is 1. The van der Waals surface area contributed by atoms with Crippen molar-refractivity contribution in [3.63, 3.8) is 0 Å². The Bertz CT molecular complexity index is 212. The van der Waals surface area contributed by atoms with Gasteiger partial charge in [0.2, 0.25) is 0 Å². The van der Waals surface area contributed by atoms with Gasteiger partial charge in [0.1, 0.15) is 0 Å². The minimum atomic E-state index is -1.72. The number of rotatable bonds is 7. The third kappa shape index (κ3) is 8.12. The summed E-state index contributed by atoms with van der Waals surface area (Å²) in [5.74, 6) is -0.303. The van der Waals surface area contributed by atoms with E-state index in [1.54, 1.807) is 19.9 Å². The van der Waals surface area contributed by atoms with Crippen LogP contribution in [0.25, 0.3) is 0 Å². The van der Waals surface area contributed by atoms with E-state index < -0.39 is 6.36 Å². The zero-order chi connectivity index (χ0) is 11.7. The van der Waals surface area contributed by atoms with Crippen LogP contribution in [-0.2, 0) is 9.53 Å². The molecule has 0 saturated heterocycles. The van der Waals surface area contributed by atoms with Gasteiger partial charge in [-0.2, -0.15) is 0 Å². The van der Waals surface area contributed by atoms with Crippen molar-refractivity contribution in [1.82, 2.24) is 0 Å². The Morgan fingerprint density at radius 1 is 1.47 bits per heavy atom. The summed E-state index contributed by atoms with van der Waals surface area (Å²) in [7, 11) is 0. The predicted octanol–water partition coefficient (Wildman–Crippen LogP) is 2.34. The van der Waals surface area contributed by atoms with Gasteiger partial charge in [0.25, 0.3) is 0 Å². The monoisotopic (exact) mass is 218 g/mol. The molecule has 0 saturated carbocycles. The number of aliphatic hydroxyl groups excluding tert-OH is 1. The van der Waals surface area contributed by atoms with Crippen LogP contribution < -0.4 is 0 Å². The van der Waals surface area contributed by atoms with Crippen LogP contribution >= 0.6 is 0 Å². The largest absolute Gasteiger partial charge is 0.462 e. The third-order valence-corrected chi connectivity index (χ3v) is 2.07. The maximum atomic E-state index is 12.0. The highest BCUT2D eigenvalue weighted by Gasteiger charge is 2.04. The Kier molecular flexibility index (Phi) is 7.91. The van der Waals surface area contributed by atoms with Gasteiger partial charge in [-0.15, -0.1) is 0 Å². The highest BCUT2D eigenvalue weighted by Crippen LogP contribution is 2.05. The molecule has 0 aliphatic carbocycles. The van der Waals surface area contributed by atoms with E-state index in [0.29, 0.717) is 25.0 Å². The first-order valence-corrected chi connectivity index (χ1v) is 5.20. The van der Waals surface area contributed by atoms with Crippen molar-refractivity contribution in [3.05, 3.63) is 11.6 Å². The second-order valence-electron chi connectivity index (χ2n) is 3.39. The van der Waals surface area contributed by atoms with Crippen LogP contribution in [0.5, 0.6) is 0 Å². The fourth-order valence-electron chi connectivity index (χ4n) is 0.988. The maximum absolute atomic E-state index is 12.0. The summed E-state index contributed by atoms with van der Waals surface area (Å²) in [5.41, 5.74) is 0.592. The number of aliphatic hydroxyl groups is 1. The fourth-order valence-corrected chi connectivity index (χ4v) is 0.988. The normalized spacial score (nSPS) is 13.7. The summed E-state index contributed by atoms with van der Waals surface area (Å²) >= 11 is 0. The second kappa shape index (κ2) is 8.41. The van der Waals surface area contributed by atoms with Gasteiger partial charge < -0.3 is 9.84 Å². The molecule has 0 aromatic carbocycles. The lowest BCUT2D eigenvalue weighted by atomic mass is 10.2. The van der Waals surface area contributed by atoms with Crippen molar-refractivity contribution >= 4 is 5.97 Å². The van der Waals surface area contributed by atoms with Gasteiger partial charge in [-0.1, -0.05) is 6.08 Å². The lowest BCUT2D eigenvalue weighted by molar-refractivity contribution is -0.139. The van der Waals surface area contributed by atoms with Gasteiger partial charge in [0, 0.05) is 12.0 Å². The molecule has 0 rings (SSSR count). The van der Waals surface area contributed by atoms with Gasteiger partial charge >= 0.3 is 5.97 Å². The Hall–Kier alpha value is -0.900. The Labute approximate surface area is 89.9 Å². The van der Waals surface area contributed by atoms with Gasteiger partial charge in [-0.25, -0.2) is 9.18 Å². The van der Waals surface area contributed by atoms with E-state index in [9.17, 15) is 9.18 Å². The topological polar surface area (TPSA) is 46.5 Å². The van der Waals surface area contributed by atoms with Crippen molar-refractivity contribution in [2.24, 2.45) is 0 Å². The summed E-state index contributed by atoms with van der Waals surface area (Å²) < 4.78 is 16.9. The van der Waals surface area contributed by atoms with Crippen LogP contribution in [0.3, 0.4) is 0 Å². The van der Waals surface area contributed by atoms with E-state index in [1.165, 1.54) is 0 Å². The van der Waals surface area contributed by atoms with E-state index >= 15 is 0 Å². The molecule has 4 heteroatoms. The number of allylic oxidation sites excluding steroid dienone is 1. The Morgan fingerprint density at radius 2 is 2.13 bits per heavy atom. The minimum absolute atomic E-state index is 0.155. The predicted molar refractivity (Wildman–Crippen MR) is 56.0 cm³/mol. The van der Waals surface area contributed by atoms with Crippen LogP contribution in [0.4, 0.5) is 4.39 Å². The second-order valence-corrected chi connectivity index (χ2v) is 3.39. The summed E-state index contributed by atoms with van der Waals surface area (Å²) in [6, 6.07) is 0. The molecule has 0 aliphatic rings. The van der Waals surface area contributed by atoms with Gasteiger partial charge in [-0.05, 0) is 33.1 Å². The van der Waals surface area contributed by atoms with Crippen molar-refractivity contribution in [3.8, 4) is 0 Å². The molecule has 1 atom stereocenters. The zero-order valence-corrected chi connectivity index (χ0v) is 9.33. The number of ether oxygens (including phenoxy) is 1. The van der Waals surface area contributed by atoms with E-state index in [1.807, 2.05) is 0 Å². The van der Waals surface area contributed by atoms with Crippen LogP contribution in [0.2, 0.25) is 0 Å². The molecule has 15 heavy (non-hydrogen) atoms. The smallest absolute Gasteiger partial charge is 0.333 e. The SMILES string of the molecule is CC=C(C)C(=O)OCCCCCC(O)F. The molecular weight excluding hydrogens is 199 g/mol. The molecule has 1 N–H and O–H groups in total. The number of alkyl halides is 1. The van der Waals surface area contributed by atoms with Crippen molar-refractivity contribution < 1.29 is 19.0 Å². The number of unbranched alkanes of at least 4 members (excludes halogenated alkanes) is 2. The molecule has 88 valence electrons. The lowest BCUT2D eigenvalue weighted by Gasteiger charge is -2.04. The van der Waals surface area contributed by atoms with Crippen LogP contribution in [-0.4, -0.2) is 24.0 Å². The Balaban J connectivity index is 3.35. The quantitative estimate of drug-likeness (QED) is 0.405. The van der Waals surface area contributed by atoms with Crippen LogP contribution in [0.1, 0.15) is 39.5 Å². The molecule has 0 spiro atoms. The maximum Gasteiger partial charge on any atom is 0.333 e. The van der Waals surface area contributed by atoms with E-state index in [2.05, 4.69) is 0 Å². The average molecular weight is 218 g/mol. The van der Waals surface area contributed by atoms with Crippen LogP contribution in [0.15, 0.2) is 11.6 Å². The molecule has 0 amide bonds. The van der Waals surface area contributed by atoms with Gasteiger partial charge in [-0.3, -0.25) is 0 Å². The fraction of sp³-hybridized carbons (Fsp3) is 0.727. The molecular formula is C11H19FO3. The van der Waals surface area contributed by atoms with Gasteiger partial charge in [0.05, 0.1) is 6.61 Å². The number of hydrogen-bond donors (Lipinski definition) is 1. The van der Waals surface area contributed by atoms with E-state index in [0.717, 1.165) is 6.42 Å². The van der Waals surface area contributed by atoms with E-state index in [4.69, 9.17) is 9.84 Å². The summed E-state index contributed by atoms with van der Waals surface area (Å²) in [5, 5.41) is 8.34. The molecule has 0 aromatic rings. The van der Waals surface area contributed by atoms with Crippen molar-refractivity contribution in [1.29, 1.82) is 0 Å².